The van der Waals surface area contributed by atoms with E-state index in [1.807, 2.05) is 24.3 Å². The van der Waals surface area contributed by atoms with Gasteiger partial charge in [-0.25, -0.2) is 0 Å². The van der Waals surface area contributed by atoms with Gasteiger partial charge in [0.25, 0.3) is 0 Å². The largest absolute Gasteiger partial charge is 0.389 e. The van der Waals surface area contributed by atoms with Crippen molar-refractivity contribution >= 4 is 11.9 Å². The Morgan fingerprint density at radius 1 is 1.36 bits per heavy atom. The SMILES string of the molecule is CC(O)C1=CCc2ccccc2N=C1. The summed E-state index contributed by atoms with van der Waals surface area (Å²) in [4.78, 5) is 4.34. The molecule has 1 N–H and O–H groups in total. The number of para-hydroxylation sites is 1. The van der Waals surface area contributed by atoms with Gasteiger partial charge in [-0.1, -0.05) is 24.3 Å². The van der Waals surface area contributed by atoms with Gasteiger partial charge in [-0.05, 0) is 30.5 Å². The van der Waals surface area contributed by atoms with Crippen LogP contribution in [0.1, 0.15) is 12.5 Å². The van der Waals surface area contributed by atoms with Gasteiger partial charge in [0.15, 0.2) is 0 Å². The molecule has 1 aliphatic heterocycles. The van der Waals surface area contributed by atoms with Crippen LogP contribution in [-0.4, -0.2) is 17.4 Å². The molecule has 2 rings (SSSR count). The second-order valence-electron chi connectivity index (χ2n) is 3.47. The van der Waals surface area contributed by atoms with E-state index in [-0.39, 0.29) is 0 Å². The zero-order valence-corrected chi connectivity index (χ0v) is 8.14. The molecule has 0 amide bonds. The summed E-state index contributed by atoms with van der Waals surface area (Å²) in [6, 6.07) is 8.04. The monoisotopic (exact) mass is 187 g/mol. The van der Waals surface area contributed by atoms with Crippen molar-refractivity contribution in [2.45, 2.75) is 19.4 Å². The number of aliphatic imine (C=N–C) groups is 1. The number of aliphatic hydroxyl groups excluding tert-OH is 1. The van der Waals surface area contributed by atoms with Gasteiger partial charge in [0, 0.05) is 6.21 Å². The second-order valence-corrected chi connectivity index (χ2v) is 3.47. The first kappa shape index (κ1) is 9.16. The maximum atomic E-state index is 9.42. The Balaban J connectivity index is 2.36. The number of allylic oxidation sites excluding steroid dienone is 1. The molecule has 0 saturated carbocycles. The lowest BCUT2D eigenvalue weighted by Crippen LogP contribution is -2.05. The number of hydrogen-bond acceptors (Lipinski definition) is 2. The number of fused-ring (bicyclic) bond motifs is 1. The van der Waals surface area contributed by atoms with E-state index in [1.54, 1.807) is 13.1 Å². The summed E-state index contributed by atoms with van der Waals surface area (Å²) >= 11 is 0. The molecule has 1 heterocycles. The van der Waals surface area contributed by atoms with Crippen molar-refractivity contribution in [2.75, 3.05) is 0 Å². The van der Waals surface area contributed by atoms with Crippen LogP contribution >= 0.6 is 0 Å². The molecule has 0 bridgehead atoms. The number of nitrogens with zero attached hydrogens (tertiary/aromatic N) is 1. The molecule has 1 atom stereocenters. The third-order valence-corrected chi connectivity index (χ3v) is 2.38. The Hall–Kier alpha value is -1.41. The first-order valence-electron chi connectivity index (χ1n) is 4.77. The van der Waals surface area contributed by atoms with E-state index in [2.05, 4.69) is 11.1 Å². The quantitative estimate of drug-likeness (QED) is 0.718. The summed E-state index contributed by atoms with van der Waals surface area (Å²) in [5, 5.41) is 9.42. The van der Waals surface area contributed by atoms with Crippen LogP contribution in [0, 0.1) is 0 Å². The van der Waals surface area contributed by atoms with Crippen LogP contribution in [0.3, 0.4) is 0 Å². The van der Waals surface area contributed by atoms with E-state index in [1.165, 1.54) is 5.56 Å². The van der Waals surface area contributed by atoms with Gasteiger partial charge in [0.1, 0.15) is 0 Å². The first-order valence-corrected chi connectivity index (χ1v) is 4.77. The summed E-state index contributed by atoms with van der Waals surface area (Å²) in [7, 11) is 0. The van der Waals surface area contributed by atoms with Gasteiger partial charge in [-0.3, -0.25) is 4.99 Å². The Bertz CT molecular complexity index is 391. The number of rotatable bonds is 1. The van der Waals surface area contributed by atoms with Crippen molar-refractivity contribution in [3.05, 3.63) is 41.5 Å². The van der Waals surface area contributed by atoms with Crippen LogP contribution in [0.4, 0.5) is 5.69 Å². The fraction of sp³-hybridized carbons (Fsp3) is 0.250. The van der Waals surface area contributed by atoms with Crippen LogP contribution in [-0.2, 0) is 6.42 Å². The van der Waals surface area contributed by atoms with Crippen molar-refractivity contribution in [2.24, 2.45) is 4.99 Å². The molecule has 0 radical (unpaired) electrons. The zero-order chi connectivity index (χ0) is 9.97. The van der Waals surface area contributed by atoms with Crippen molar-refractivity contribution in [3.63, 3.8) is 0 Å². The molecular weight excluding hydrogens is 174 g/mol. The van der Waals surface area contributed by atoms with E-state index >= 15 is 0 Å². The maximum Gasteiger partial charge on any atom is 0.0773 e. The van der Waals surface area contributed by atoms with Gasteiger partial charge in [0.05, 0.1) is 11.8 Å². The topological polar surface area (TPSA) is 32.6 Å². The maximum absolute atomic E-state index is 9.42. The lowest BCUT2D eigenvalue weighted by atomic mass is 10.1. The normalized spacial score (nSPS) is 16.9. The van der Waals surface area contributed by atoms with E-state index in [4.69, 9.17) is 0 Å². The number of aliphatic hydroxyl groups is 1. The summed E-state index contributed by atoms with van der Waals surface area (Å²) in [6.45, 7) is 1.76. The predicted molar refractivity (Wildman–Crippen MR) is 58.1 cm³/mol. The minimum absolute atomic E-state index is 0.437. The van der Waals surface area contributed by atoms with Gasteiger partial charge < -0.3 is 5.11 Å². The average Bonchev–Trinajstić information content (AvgIpc) is 2.39. The van der Waals surface area contributed by atoms with E-state index in [0.717, 1.165) is 17.7 Å². The van der Waals surface area contributed by atoms with E-state index in [0.29, 0.717) is 0 Å². The molecule has 1 aliphatic rings. The van der Waals surface area contributed by atoms with Crippen LogP contribution in [0.25, 0.3) is 0 Å². The summed E-state index contributed by atoms with van der Waals surface area (Å²) < 4.78 is 0. The van der Waals surface area contributed by atoms with Crippen LogP contribution in [0.5, 0.6) is 0 Å². The van der Waals surface area contributed by atoms with Gasteiger partial charge in [-0.2, -0.15) is 0 Å². The van der Waals surface area contributed by atoms with Gasteiger partial charge in [0.2, 0.25) is 0 Å². The highest BCUT2D eigenvalue weighted by molar-refractivity contribution is 5.83. The lowest BCUT2D eigenvalue weighted by molar-refractivity contribution is 0.238. The molecule has 0 aliphatic carbocycles. The van der Waals surface area contributed by atoms with Crippen molar-refractivity contribution in [1.29, 1.82) is 0 Å². The predicted octanol–water partition coefficient (Wildman–Crippen LogP) is 2.25. The highest BCUT2D eigenvalue weighted by Gasteiger charge is 2.07. The molecule has 1 aromatic rings. The van der Waals surface area contributed by atoms with Crippen molar-refractivity contribution < 1.29 is 5.11 Å². The fourth-order valence-corrected chi connectivity index (χ4v) is 1.51. The van der Waals surface area contributed by atoms with Crippen LogP contribution in [0.2, 0.25) is 0 Å². The molecule has 72 valence electrons. The van der Waals surface area contributed by atoms with Crippen molar-refractivity contribution in [1.82, 2.24) is 0 Å². The highest BCUT2D eigenvalue weighted by atomic mass is 16.3. The minimum atomic E-state index is -0.437. The molecule has 2 heteroatoms. The van der Waals surface area contributed by atoms with E-state index in [9.17, 15) is 5.11 Å². The molecule has 0 aromatic heterocycles. The third kappa shape index (κ3) is 1.75. The van der Waals surface area contributed by atoms with Crippen molar-refractivity contribution in [3.8, 4) is 0 Å². The molecule has 0 fully saturated rings. The average molecular weight is 187 g/mol. The molecule has 2 nitrogen and oxygen atoms in total. The van der Waals surface area contributed by atoms with Crippen LogP contribution < -0.4 is 0 Å². The van der Waals surface area contributed by atoms with E-state index < -0.39 is 6.10 Å². The summed E-state index contributed by atoms with van der Waals surface area (Å²) in [6.07, 6.45) is 4.18. The molecule has 1 unspecified atom stereocenters. The second kappa shape index (κ2) is 3.76. The minimum Gasteiger partial charge on any atom is -0.389 e. The Morgan fingerprint density at radius 2 is 2.14 bits per heavy atom. The zero-order valence-electron chi connectivity index (χ0n) is 8.14. The first-order chi connectivity index (χ1) is 6.77. The summed E-state index contributed by atoms with van der Waals surface area (Å²) in [5.74, 6) is 0. The lowest BCUT2D eigenvalue weighted by Gasteiger charge is -2.01. The third-order valence-electron chi connectivity index (χ3n) is 2.38. The Morgan fingerprint density at radius 3 is 2.93 bits per heavy atom. The molecular formula is C12H13NO. The fourth-order valence-electron chi connectivity index (χ4n) is 1.51. The van der Waals surface area contributed by atoms with Gasteiger partial charge in [-0.15, -0.1) is 0 Å². The molecule has 0 spiro atoms. The summed E-state index contributed by atoms with van der Waals surface area (Å²) in [5.41, 5.74) is 3.10. The standard InChI is InChI=1S/C12H13NO/c1-9(14)11-7-6-10-4-2-3-5-12(10)13-8-11/h2-5,7-9,14H,6H2,1H3. The Kier molecular flexibility index (Phi) is 2.46. The Labute approximate surface area is 83.6 Å². The highest BCUT2D eigenvalue weighted by Crippen LogP contribution is 2.22. The molecule has 1 aromatic carbocycles. The number of benzene rings is 1. The van der Waals surface area contributed by atoms with Crippen LogP contribution in [0.15, 0.2) is 40.9 Å². The molecule has 0 saturated heterocycles. The molecule has 14 heavy (non-hydrogen) atoms. The van der Waals surface area contributed by atoms with Gasteiger partial charge >= 0.3 is 0 Å². The smallest absolute Gasteiger partial charge is 0.0773 e. The number of hydrogen-bond donors (Lipinski definition) is 1.